The Morgan fingerprint density at radius 3 is 2.48 bits per heavy atom. The number of para-hydroxylation sites is 1. The van der Waals surface area contributed by atoms with E-state index in [0.717, 1.165) is 17.9 Å². The van der Waals surface area contributed by atoms with Crippen molar-refractivity contribution < 1.29 is 4.74 Å². The lowest BCUT2D eigenvalue weighted by atomic mass is 9.83. The number of rotatable bonds is 4. The summed E-state index contributed by atoms with van der Waals surface area (Å²) in [6.45, 7) is 9.34. The number of nitrogens with zero attached hydrogens (tertiary/aromatic N) is 1. The van der Waals surface area contributed by atoms with Gasteiger partial charge < -0.3 is 9.64 Å². The van der Waals surface area contributed by atoms with E-state index < -0.39 is 10.9 Å². The van der Waals surface area contributed by atoms with Gasteiger partial charge in [0.05, 0.1) is 12.2 Å². The number of likely N-dealkylation sites (N-methyl/N-ethyl adjacent to an activating group) is 1. The highest BCUT2D eigenvalue weighted by Crippen LogP contribution is 2.48. The Bertz CT molecular complexity index is 854. The van der Waals surface area contributed by atoms with E-state index in [1.165, 1.54) is 5.56 Å². The second kappa shape index (κ2) is 5.37. The first-order valence-corrected chi connectivity index (χ1v) is 7.98. The molecule has 0 spiro atoms. The first kappa shape index (κ1) is 15.5. The molecule has 0 unspecified atom stereocenters. The molecule has 4 nitrogen and oxygen atoms in total. The summed E-state index contributed by atoms with van der Waals surface area (Å²) in [5.41, 5.74) is 2.60. The molecule has 0 aromatic heterocycles. The normalized spacial score (nSPS) is 17.7. The molecule has 0 saturated heterocycles. The molecule has 4 heteroatoms. The van der Waals surface area contributed by atoms with E-state index in [1.807, 2.05) is 25.1 Å². The zero-order valence-corrected chi connectivity index (χ0v) is 14.0. The fraction of sp³-hybridized carbons (Fsp3) is 0.368. The fourth-order valence-electron chi connectivity index (χ4n) is 3.39. The summed E-state index contributed by atoms with van der Waals surface area (Å²) < 4.78 is 5.34. The molecule has 0 amide bonds. The molecule has 0 fully saturated rings. The number of anilines is 1. The van der Waals surface area contributed by atoms with Gasteiger partial charge in [-0.15, -0.1) is 0 Å². The van der Waals surface area contributed by atoms with E-state index in [2.05, 4.69) is 37.8 Å². The minimum absolute atomic E-state index is 0.202. The van der Waals surface area contributed by atoms with Gasteiger partial charge in [0.25, 0.3) is 5.43 Å². The van der Waals surface area contributed by atoms with Gasteiger partial charge in [0, 0.05) is 23.3 Å². The van der Waals surface area contributed by atoms with E-state index in [0.29, 0.717) is 12.2 Å². The highest BCUT2D eigenvalue weighted by molar-refractivity contribution is 5.77. The number of hydrogen-bond acceptors (Lipinski definition) is 4. The van der Waals surface area contributed by atoms with Crippen LogP contribution in [-0.2, 0) is 5.41 Å². The number of allylic oxidation sites excluding steroid dienone is 1. The molecule has 3 rings (SSSR count). The average molecular weight is 311 g/mol. The Labute approximate surface area is 135 Å². The predicted molar refractivity (Wildman–Crippen MR) is 93.0 cm³/mol. The molecule has 0 N–H and O–H groups in total. The van der Waals surface area contributed by atoms with Crippen molar-refractivity contribution in [2.75, 3.05) is 18.1 Å². The highest BCUT2D eigenvalue weighted by atomic mass is 16.5. The van der Waals surface area contributed by atoms with Crippen molar-refractivity contribution in [2.45, 2.75) is 33.1 Å². The maximum Gasteiger partial charge on any atom is 0.268 e. The quantitative estimate of drug-likeness (QED) is 0.815. The SMILES string of the molecule is CCOc1c(/C=C2/N(CC)c3ccccc3C2(C)C)c(=O)c1=O. The van der Waals surface area contributed by atoms with E-state index in [1.54, 1.807) is 0 Å². The highest BCUT2D eigenvalue weighted by Gasteiger charge is 2.40. The molecule has 2 aromatic rings. The molecule has 1 heterocycles. The second-order valence-electron chi connectivity index (χ2n) is 6.25. The Kier molecular flexibility index (Phi) is 3.63. The van der Waals surface area contributed by atoms with Gasteiger partial charge in [-0.1, -0.05) is 32.0 Å². The van der Waals surface area contributed by atoms with Crippen LogP contribution in [0.15, 0.2) is 39.6 Å². The summed E-state index contributed by atoms with van der Waals surface area (Å²) in [6.07, 6.45) is 1.83. The standard InChI is InChI=1S/C19H21NO3/c1-5-20-14-10-8-7-9-13(14)19(3,4)15(20)11-12-16(21)17(22)18(12)23-6-2/h7-11H,5-6H2,1-4H3/b15-11+. The molecule has 2 aromatic carbocycles. The lowest BCUT2D eigenvalue weighted by Crippen LogP contribution is -2.36. The van der Waals surface area contributed by atoms with Crippen LogP contribution in [0.3, 0.4) is 0 Å². The molecule has 0 aliphatic carbocycles. The van der Waals surface area contributed by atoms with E-state index in [9.17, 15) is 9.59 Å². The van der Waals surface area contributed by atoms with Gasteiger partial charge in [-0.2, -0.15) is 0 Å². The lowest BCUT2D eigenvalue weighted by molar-refractivity contribution is 0.332. The molecule has 1 aliphatic rings. The topological polar surface area (TPSA) is 46.6 Å². The molecule has 0 atom stereocenters. The number of fused-ring (bicyclic) bond motifs is 1. The fourth-order valence-corrected chi connectivity index (χ4v) is 3.39. The van der Waals surface area contributed by atoms with Crippen LogP contribution in [0.5, 0.6) is 5.75 Å². The zero-order valence-electron chi connectivity index (χ0n) is 14.0. The maximum atomic E-state index is 12.0. The first-order chi connectivity index (χ1) is 10.9. The minimum atomic E-state index is -0.518. The van der Waals surface area contributed by atoms with E-state index >= 15 is 0 Å². The third-order valence-electron chi connectivity index (χ3n) is 4.59. The van der Waals surface area contributed by atoms with Crippen LogP contribution in [-0.4, -0.2) is 13.2 Å². The molecule has 0 bridgehead atoms. The minimum Gasteiger partial charge on any atom is -0.489 e. The van der Waals surface area contributed by atoms with Gasteiger partial charge in [0.1, 0.15) is 0 Å². The summed E-state index contributed by atoms with van der Waals surface area (Å²) >= 11 is 0. The Balaban J connectivity index is 2.15. The summed E-state index contributed by atoms with van der Waals surface area (Å²) in [5.74, 6) is 0.202. The van der Waals surface area contributed by atoms with Crippen LogP contribution in [0.25, 0.3) is 6.08 Å². The van der Waals surface area contributed by atoms with Crippen LogP contribution >= 0.6 is 0 Å². The molecular formula is C19H21NO3. The molecule has 23 heavy (non-hydrogen) atoms. The molecule has 1 aliphatic heterocycles. The zero-order chi connectivity index (χ0) is 16.8. The largest absolute Gasteiger partial charge is 0.489 e. The van der Waals surface area contributed by atoms with Gasteiger partial charge >= 0.3 is 0 Å². The summed E-state index contributed by atoms with van der Waals surface area (Å²) in [6, 6.07) is 8.25. The van der Waals surface area contributed by atoms with Crippen LogP contribution in [0, 0.1) is 0 Å². The van der Waals surface area contributed by atoms with Crippen molar-refractivity contribution in [3.63, 3.8) is 0 Å². The van der Waals surface area contributed by atoms with Crippen molar-refractivity contribution in [1.29, 1.82) is 0 Å². The van der Waals surface area contributed by atoms with Crippen molar-refractivity contribution in [2.24, 2.45) is 0 Å². The van der Waals surface area contributed by atoms with E-state index in [4.69, 9.17) is 4.74 Å². The molecular weight excluding hydrogens is 290 g/mol. The Morgan fingerprint density at radius 1 is 1.13 bits per heavy atom. The number of hydrogen-bond donors (Lipinski definition) is 0. The third kappa shape index (κ3) is 2.12. The smallest absolute Gasteiger partial charge is 0.268 e. The molecule has 0 radical (unpaired) electrons. The molecule has 0 saturated carbocycles. The van der Waals surface area contributed by atoms with Crippen LogP contribution < -0.4 is 20.5 Å². The van der Waals surface area contributed by atoms with Crippen LogP contribution in [0.4, 0.5) is 5.69 Å². The number of benzene rings is 1. The van der Waals surface area contributed by atoms with Crippen molar-refractivity contribution >= 4 is 11.8 Å². The number of ether oxygens (including phenoxy) is 1. The Morgan fingerprint density at radius 2 is 1.83 bits per heavy atom. The Hall–Kier alpha value is -2.36. The van der Waals surface area contributed by atoms with Gasteiger partial charge in [0.2, 0.25) is 5.43 Å². The average Bonchev–Trinajstić information content (AvgIpc) is 2.77. The third-order valence-corrected chi connectivity index (χ3v) is 4.59. The van der Waals surface area contributed by atoms with Gasteiger partial charge in [0.15, 0.2) is 5.75 Å². The maximum absolute atomic E-state index is 12.0. The van der Waals surface area contributed by atoms with Gasteiger partial charge in [-0.05, 0) is 31.6 Å². The second-order valence-corrected chi connectivity index (χ2v) is 6.25. The first-order valence-electron chi connectivity index (χ1n) is 7.98. The van der Waals surface area contributed by atoms with Crippen molar-refractivity contribution in [3.05, 3.63) is 61.5 Å². The van der Waals surface area contributed by atoms with Crippen molar-refractivity contribution in [1.82, 2.24) is 0 Å². The van der Waals surface area contributed by atoms with Gasteiger partial charge in [-0.25, -0.2) is 0 Å². The van der Waals surface area contributed by atoms with Crippen LogP contribution in [0.1, 0.15) is 38.8 Å². The van der Waals surface area contributed by atoms with Crippen LogP contribution in [0.2, 0.25) is 0 Å². The lowest BCUT2D eigenvalue weighted by Gasteiger charge is -2.26. The monoisotopic (exact) mass is 311 g/mol. The predicted octanol–water partition coefficient (Wildman–Crippen LogP) is 2.84. The summed E-state index contributed by atoms with van der Waals surface area (Å²) in [5, 5.41) is 0. The van der Waals surface area contributed by atoms with E-state index in [-0.39, 0.29) is 11.2 Å². The summed E-state index contributed by atoms with van der Waals surface area (Å²) in [7, 11) is 0. The summed E-state index contributed by atoms with van der Waals surface area (Å²) in [4.78, 5) is 25.9. The van der Waals surface area contributed by atoms with Gasteiger partial charge in [-0.3, -0.25) is 9.59 Å². The molecule has 120 valence electrons. The van der Waals surface area contributed by atoms with Crippen molar-refractivity contribution in [3.8, 4) is 5.75 Å².